The van der Waals surface area contributed by atoms with Gasteiger partial charge in [-0.05, 0) is 109 Å². The monoisotopic (exact) mass is 942 g/mol. The Morgan fingerprint density at radius 2 is 0.838 bits per heavy atom. The van der Waals surface area contributed by atoms with E-state index in [0.717, 1.165) is 109 Å². The summed E-state index contributed by atoms with van der Waals surface area (Å²) in [5.41, 5.74) is 0. The molecule has 0 aromatic carbocycles. The van der Waals surface area contributed by atoms with Crippen LogP contribution in [0.25, 0.3) is 0 Å². The highest BCUT2D eigenvalue weighted by atomic mass is 16.6. The molecule has 0 aliphatic heterocycles. The first-order chi connectivity index (χ1) is 33.1. The number of carbonyl (C=O) groups excluding carboxylic acids is 3. The number of unbranched alkanes of at least 4 members (excludes halogenated alkanes) is 9. The van der Waals surface area contributed by atoms with Gasteiger partial charge in [-0.1, -0.05) is 180 Å². The standard InChI is InChI=1S/C60H95NO7/c1-6-8-10-12-14-16-18-20-22-24-26-28-29-31-33-35-37-39-41-43-45-47-49-51-59(63)68-56(54-66-53-52-57(60(64)65)61(3,4)5)55-67-58(62)50-48-46-44-42-40-38-36-34-32-30-27-25-23-21-19-17-15-13-11-9-7-2/h8,10,14-17,20-23,26-28,30-31,33-34,36-37,39,43,45,56-57H,6-7,9,11-13,18-19,24-25,29,32,35,38,40-42,44,46-55H2,1-5H3/b10-8+,16-14+,17-15+,22-20+,23-21+,28-26+,30-27+,33-31+,36-34+,39-37+,45-43+. The number of likely N-dealkylation sites (N-methyl/N-ethyl adjacent to an activating group) is 1. The molecule has 0 amide bonds. The lowest BCUT2D eigenvalue weighted by atomic mass is 10.1. The van der Waals surface area contributed by atoms with Crippen molar-refractivity contribution in [2.75, 3.05) is 41.0 Å². The van der Waals surface area contributed by atoms with Gasteiger partial charge in [-0.25, -0.2) is 0 Å². The fourth-order valence-corrected chi connectivity index (χ4v) is 6.75. The third kappa shape index (κ3) is 46.6. The van der Waals surface area contributed by atoms with Crippen molar-refractivity contribution < 1.29 is 38.2 Å². The molecule has 0 saturated heterocycles. The van der Waals surface area contributed by atoms with Crippen LogP contribution < -0.4 is 5.11 Å². The van der Waals surface area contributed by atoms with Gasteiger partial charge in [0.1, 0.15) is 12.6 Å². The van der Waals surface area contributed by atoms with E-state index in [2.05, 4.69) is 148 Å². The average molecular weight is 942 g/mol. The van der Waals surface area contributed by atoms with Crippen molar-refractivity contribution in [3.63, 3.8) is 0 Å². The van der Waals surface area contributed by atoms with Crippen LogP contribution in [-0.4, -0.2) is 75.5 Å². The van der Waals surface area contributed by atoms with Gasteiger partial charge in [0, 0.05) is 19.3 Å². The molecule has 0 rings (SSSR count). The number of hydrogen-bond donors (Lipinski definition) is 0. The van der Waals surface area contributed by atoms with Crippen LogP contribution in [0.5, 0.6) is 0 Å². The summed E-state index contributed by atoms with van der Waals surface area (Å²) < 4.78 is 17.2. The molecule has 0 N–H and O–H groups in total. The number of carboxylic acids is 1. The molecule has 0 fully saturated rings. The molecule has 8 nitrogen and oxygen atoms in total. The fourth-order valence-electron chi connectivity index (χ4n) is 6.75. The second kappa shape index (κ2) is 48.9. The highest BCUT2D eigenvalue weighted by Crippen LogP contribution is 2.12. The Morgan fingerprint density at radius 1 is 0.456 bits per heavy atom. The largest absolute Gasteiger partial charge is 0.544 e. The molecule has 68 heavy (non-hydrogen) atoms. The number of rotatable bonds is 45. The summed E-state index contributed by atoms with van der Waals surface area (Å²) in [6, 6.07) is -0.749. The van der Waals surface area contributed by atoms with Crippen molar-refractivity contribution in [1.29, 1.82) is 0 Å². The molecular formula is C60H95NO7. The van der Waals surface area contributed by atoms with E-state index in [4.69, 9.17) is 14.2 Å². The van der Waals surface area contributed by atoms with Gasteiger partial charge in [0.05, 0.1) is 40.3 Å². The molecule has 0 aliphatic rings. The number of carbonyl (C=O) groups is 3. The maximum atomic E-state index is 12.8. The number of allylic oxidation sites excluding steroid dienone is 22. The van der Waals surface area contributed by atoms with Gasteiger partial charge in [-0.3, -0.25) is 9.59 Å². The van der Waals surface area contributed by atoms with Crippen molar-refractivity contribution in [2.24, 2.45) is 0 Å². The summed E-state index contributed by atoms with van der Waals surface area (Å²) in [4.78, 5) is 37.1. The molecule has 0 aliphatic carbocycles. The van der Waals surface area contributed by atoms with Crippen LogP contribution >= 0.6 is 0 Å². The van der Waals surface area contributed by atoms with E-state index in [-0.39, 0.29) is 49.1 Å². The Balaban J connectivity index is 4.43. The second-order valence-electron chi connectivity index (χ2n) is 18.0. The number of quaternary nitrogens is 1. The van der Waals surface area contributed by atoms with E-state index in [1.807, 2.05) is 0 Å². The summed E-state index contributed by atoms with van der Waals surface area (Å²) in [5.74, 6) is -1.85. The molecule has 8 heteroatoms. The van der Waals surface area contributed by atoms with Crippen molar-refractivity contribution >= 4 is 17.9 Å². The maximum absolute atomic E-state index is 12.8. The summed E-state index contributed by atoms with van der Waals surface area (Å²) in [7, 11) is 5.37. The zero-order valence-electron chi connectivity index (χ0n) is 43.5. The molecule has 2 atom stereocenters. The van der Waals surface area contributed by atoms with Crippen LogP contribution in [0.4, 0.5) is 0 Å². The number of ether oxygens (including phenoxy) is 3. The lowest BCUT2D eigenvalue weighted by Gasteiger charge is -2.34. The zero-order chi connectivity index (χ0) is 49.9. The van der Waals surface area contributed by atoms with Crippen molar-refractivity contribution in [3.05, 3.63) is 134 Å². The third-order valence-electron chi connectivity index (χ3n) is 10.8. The number of carboxylic acid groups (broad SMARTS) is 1. The van der Waals surface area contributed by atoms with E-state index in [1.165, 1.54) is 25.7 Å². The van der Waals surface area contributed by atoms with E-state index in [9.17, 15) is 19.5 Å². The first-order valence-electron chi connectivity index (χ1n) is 26.2. The lowest BCUT2D eigenvalue weighted by molar-refractivity contribution is -0.889. The van der Waals surface area contributed by atoms with Crippen molar-refractivity contribution in [3.8, 4) is 0 Å². The van der Waals surface area contributed by atoms with Crippen LogP contribution in [0, 0.1) is 0 Å². The zero-order valence-corrected chi connectivity index (χ0v) is 43.5. The predicted molar refractivity (Wildman–Crippen MR) is 286 cm³/mol. The van der Waals surface area contributed by atoms with E-state index in [0.29, 0.717) is 12.8 Å². The quantitative estimate of drug-likeness (QED) is 0.0259. The van der Waals surface area contributed by atoms with E-state index in [1.54, 1.807) is 21.1 Å². The van der Waals surface area contributed by atoms with Gasteiger partial charge in [-0.2, -0.15) is 0 Å². The number of esters is 2. The second-order valence-corrected chi connectivity index (χ2v) is 18.0. The summed E-state index contributed by atoms with van der Waals surface area (Å²) in [5, 5.41) is 11.7. The molecule has 0 heterocycles. The van der Waals surface area contributed by atoms with Gasteiger partial charge in [-0.15, -0.1) is 0 Å². The van der Waals surface area contributed by atoms with Gasteiger partial charge in [0.25, 0.3) is 0 Å². The Kier molecular flexibility index (Phi) is 45.7. The highest BCUT2D eigenvalue weighted by Gasteiger charge is 2.25. The van der Waals surface area contributed by atoms with Crippen LogP contribution in [0.1, 0.15) is 174 Å². The summed E-state index contributed by atoms with van der Waals surface area (Å²) >= 11 is 0. The molecule has 0 aromatic heterocycles. The molecule has 2 unspecified atom stereocenters. The van der Waals surface area contributed by atoms with Gasteiger partial charge in [0.15, 0.2) is 6.10 Å². The molecule has 0 bridgehead atoms. The molecule has 0 aromatic rings. The van der Waals surface area contributed by atoms with E-state index < -0.39 is 18.1 Å². The molecular weight excluding hydrogens is 847 g/mol. The minimum absolute atomic E-state index is 0.00122. The third-order valence-corrected chi connectivity index (χ3v) is 10.8. The van der Waals surface area contributed by atoms with Gasteiger partial charge < -0.3 is 28.6 Å². The smallest absolute Gasteiger partial charge is 0.306 e. The first kappa shape index (κ1) is 63.5. The minimum atomic E-state index is -1.14. The summed E-state index contributed by atoms with van der Waals surface area (Å²) in [6.45, 7) is 4.42. The molecule has 0 radical (unpaired) electrons. The summed E-state index contributed by atoms with van der Waals surface area (Å²) in [6.07, 6.45) is 70.6. The van der Waals surface area contributed by atoms with Crippen molar-refractivity contribution in [1.82, 2.24) is 0 Å². The highest BCUT2D eigenvalue weighted by molar-refractivity contribution is 5.70. The SMILES string of the molecule is CC/C=C/C/C=C/C/C=C/C/C=C/C/C=C/C/C=C/C/C=C/CCCC(=O)OC(COCCC(C(=O)[O-])[N+](C)(C)C)COC(=O)CCCCCCC/C=C/C/C=C/C/C=C/C/C=C/CCCCC. The minimum Gasteiger partial charge on any atom is -0.544 e. The predicted octanol–water partition coefficient (Wildman–Crippen LogP) is 14.2. The Bertz CT molecular complexity index is 1570. The topological polar surface area (TPSA) is 102 Å². The van der Waals surface area contributed by atoms with Crippen LogP contribution in [0.2, 0.25) is 0 Å². The van der Waals surface area contributed by atoms with Gasteiger partial charge in [0.2, 0.25) is 0 Å². The Hall–Kier alpha value is -4.53. The number of nitrogens with zero attached hydrogens (tertiary/aromatic N) is 1. The normalized spacial score (nSPS) is 14.0. The lowest BCUT2D eigenvalue weighted by Crippen LogP contribution is -2.55. The molecule has 0 saturated carbocycles. The van der Waals surface area contributed by atoms with Crippen molar-refractivity contribution in [2.45, 2.75) is 187 Å². The first-order valence-corrected chi connectivity index (χ1v) is 26.2. The average Bonchev–Trinajstić information content (AvgIpc) is 3.30. The number of aliphatic carboxylic acids is 1. The maximum Gasteiger partial charge on any atom is 0.306 e. The molecule has 382 valence electrons. The van der Waals surface area contributed by atoms with Crippen LogP contribution in [0.15, 0.2) is 134 Å². The van der Waals surface area contributed by atoms with Crippen LogP contribution in [-0.2, 0) is 28.6 Å². The molecule has 0 spiro atoms. The van der Waals surface area contributed by atoms with Gasteiger partial charge >= 0.3 is 11.9 Å². The Morgan fingerprint density at radius 3 is 1.26 bits per heavy atom. The van der Waals surface area contributed by atoms with Crippen LogP contribution in [0.3, 0.4) is 0 Å². The Labute approximate surface area is 415 Å². The van der Waals surface area contributed by atoms with E-state index >= 15 is 0 Å². The fraction of sp³-hybridized carbons (Fsp3) is 0.583. The number of hydrogen-bond acceptors (Lipinski definition) is 7.